The van der Waals surface area contributed by atoms with Gasteiger partial charge in [0.25, 0.3) is 0 Å². The summed E-state index contributed by atoms with van der Waals surface area (Å²) in [5.74, 6) is 2.44. The highest BCUT2D eigenvalue weighted by Gasteiger charge is 2.25. The summed E-state index contributed by atoms with van der Waals surface area (Å²) in [6.45, 7) is 4.02. The zero-order valence-corrected chi connectivity index (χ0v) is 11.3. The maximum Gasteiger partial charge on any atom is 0.0552 e. The molecule has 78 valence electrons. The van der Waals surface area contributed by atoms with Crippen molar-refractivity contribution >= 4 is 28.4 Å². The molecule has 0 saturated carbocycles. The number of rotatable bonds is 1. The molecular formula is C11H15IOS. The Morgan fingerprint density at radius 2 is 1.71 bits per heavy atom. The van der Waals surface area contributed by atoms with Gasteiger partial charge in [-0.2, -0.15) is 7.20 Å². The van der Waals surface area contributed by atoms with Crippen LogP contribution in [0.15, 0.2) is 29.2 Å². The van der Waals surface area contributed by atoms with E-state index in [-0.39, 0.29) is 0 Å². The predicted octanol–water partition coefficient (Wildman–Crippen LogP) is 3.54. The minimum absolute atomic E-state index is 0.591. The van der Waals surface area contributed by atoms with E-state index in [1.165, 1.54) is 22.0 Å². The molecule has 14 heavy (non-hydrogen) atoms. The molecule has 0 unspecified atom stereocenters. The first-order valence-electron chi connectivity index (χ1n) is 4.83. The van der Waals surface area contributed by atoms with E-state index in [2.05, 4.69) is 52.4 Å². The van der Waals surface area contributed by atoms with E-state index < -0.39 is 7.20 Å². The van der Waals surface area contributed by atoms with Crippen molar-refractivity contribution in [1.82, 2.24) is 0 Å². The Morgan fingerprint density at radius 3 is 2.29 bits per heavy atom. The molecule has 3 heteroatoms. The molecule has 2 rings (SSSR count). The van der Waals surface area contributed by atoms with E-state index in [9.17, 15) is 0 Å². The first kappa shape index (κ1) is 10.8. The van der Waals surface area contributed by atoms with Gasteiger partial charge in [0, 0.05) is 11.5 Å². The molecular weight excluding hydrogens is 307 g/mol. The normalized spacial score (nSPS) is 23.0. The molecule has 1 fully saturated rings. The Hall–Kier alpha value is 0.260. The average molecular weight is 322 g/mol. The molecule has 0 aliphatic carbocycles. The van der Waals surface area contributed by atoms with Gasteiger partial charge in [0.2, 0.25) is 0 Å². The number of hydrogen-bond donors (Lipinski definition) is 0. The fourth-order valence-corrected chi connectivity index (χ4v) is 5.63. The lowest BCUT2D eigenvalue weighted by molar-refractivity contribution is 0.160. The summed E-state index contributed by atoms with van der Waals surface area (Å²) in [5.41, 5.74) is 1.35. The van der Waals surface area contributed by atoms with Crippen LogP contribution in [0.25, 0.3) is 0 Å². The molecule has 0 amide bonds. The second-order valence-corrected chi connectivity index (χ2v) is 11.5. The third kappa shape index (κ3) is 2.25. The van der Waals surface area contributed by atoms with E-state index in [1.807, 2.05) is 0 Å². The van der Waals surface area contributed by atoms with Gasteiger partial charge in [0.15, 0.2) is 0 Å². The molecule has 0 atom stereocenters. The van der Waals surface area contributed by atoms with Gasteiger partial charge in [-0.05, 0) is 45.2 Å². The molecule has 1 nitrogen and oxygen atoms in total. The smallest absolute Gasteiger partial charge is 0.0552 e. The molecule has 1 aromatic rings. The predicted molar refractivity (Wildman–Crippen MR) is 71.6 cm³/mol. The number of halogens is 1. The Labute approximate surface area is 99.1 Å². The van der Waals surface area contributed by atoms with Crippen molar-refractivity contribution in [1.29, 1.82) is 0 Å². The molecule has 1 aromatic carbocycles. The van der Waals surface area contributed by atoms with Crippen LogP contribution in [0.2, 0.25) is 0 Å². The van der Waals surface area contributed by atoms with E-state index in [0.29, 0.717) is 0 Å². The van der Waals surface area contributed by atoms with Crippen LogP contribution in [0.5, 0.6) is 0 Å². The van der Waals surface area contributed by atoms with Gasteiger partial charge in [-0.15, -0.1) is 0 Å². The molecule has 0 N–H and O–H groups in total. The van der Waals surface area contributed by atoms with Crippen LogP contribution < -0.4 is 0 Å². The van der Waals surface area contributed by atoms with Crippen LogP contribution in [0.3, 0.4) is 0 Å². The van der Waals surface area contributed by atoms with Crippen LogP contribution in [-0.4, -0.2) is 24.7 Å². The van der Waals surface area contributed by atoms with Crippen LogP contribution in [0, 0.1) is 6.92 Å². The molecule has 0 aromatic heterocycles. The van der Waals surface area contributed by atoms with Crippen molar-refractivity contribution < 1.29 is 4.74 Å². The third-order valence-corrected chi connectivity index (χ3v) is 9.46. The van der Waals surface area contributed by atoms with E-state index in [1.54, 1.807) is 0 Å². The number of hydrogen-bond acceptors (Lipinski definition) is 1. The van der Waals surface area contributed by atoms with Gasteiger partial charge in [-0.1, -0.05) is 17.7 Å². The fourth-order valence-electron chi connectivity index (χ4n) is 1.60. The first-order chi connectivity index (χ1) is 6.71. The summed E-state index contributed by atoms with van der Waals surface area (Å²) in [7, 11) is -0.591. The second-order valence-electron chi connectivity index (χ2n) is 3.62. The Kier molecular flexibility index (Phi) is 3.39. The Balaban J connectivity index is 2.23. The molecule has 0 bridgehead atoms. The lowest BCUT2D eigenvalue weighted by Crippen LogP contribution is -2.19. The van der Waals surface area contributed by atoms with Crippen molar-refractivity contribution in [3.05, 3.63) is 29.8 Å². The summed E-state index contributed by atoms with van der Waals surface area (Å²) >= 11 is 2.67. The molecule has 1 saturated heterocycles. The number of ether oxygens (including phenoxy) is 1. The van der Waals surface area contributed by atoms with Gasteiger partial charge < -0.3 is 4.74 Å². The van der Waals surface area contributed by atoms with Crippen molar-refractivity contribution in [2.45, 2.75) is 11.8 Å². The number of aryl methyl sites for hydroxylation is 1. The minimum Gasteiger partial charge on any atom is -0.380 e. The van der Waals surface area contributed by atoms with Crippen LogP contribution in [0.4, 0.5) is 0 Å². The monoisotopic (exact) mass is 322 g/mol. The van der Waals surface area contributed by atoms with Crippen molar-refractivity contribution in [3.63, 3.8) is 0 Å². The van der Waals surface area contributed by atoms with Gasteiger partial charge >= 0.3 is 0 Å². The highest BCUT2D eigenvalue weighted by Crippen LogP contribution is 2.63. The van der Waals surface area contributed by atoms with Gasteiger partial charge in [-0.3, -0.25) is 0 Å². The maximum absolute atomic E-state index is 5.43. The second kappa shape index (κ2) is 4.41. The molecule has 1 aliphatic heterocycles. The molecule has 1 aliphatic rings. The number of benzene rings is 1. The largest absolute Gasteiger partial charge is 0.380 e. The van der Waals surface area contributed by atoms with Crippen LogP contribution >= 0.6 is 28.4 Å². The molecule has 0 radical (unpaired) electrons. The summed E-state index contributed by atoms with van der Waals surface area (Å²) in [6, 6.07) is 9.03. The van der Waals surface area contributed by atoms with E-state index >= 15 is 0 Å². The van der Waals surface area contributed by atoms with Crippen molar-refractivity contribution in [2.24, 2.45) is 0 Å². The van der Waals surface area contributed by atoms with Crippen molar-refractivity contribution in [2.75, 3.05) is 24.7 Å². The van der Waals surface area contributed by atoms with Crippen LogP contribution in [-0.2, 0) is 4.74 Å². The van der Waals surface area contributed by atoms with E-state index in [4.69, 9.17) is 4.74 Å². The zero-order chi connectivity index (χ0) is 10.0. The minimum atomic E-state index is -0.591. The van der Waals surface area contributed by atoms with Crippen molar-refractivity contribution in [3.8, 4) is 0 Å². The standard InChI is InChI=1S/C11H15IOS/c1-10-2-4-11(5-3-10)14(12)8-6-13-7-9-14/h2-5H,6-9H2,1H3. The van der Waals surface area contributed by atoms with Gasteiger partial charge in [0.05, 0.1) is 13.2 Å². The highest BCUT2D eigenvalue weighted by molar-refractivity contribution is 14.2. The van der Waals surface area contributed by atoms with E-state index in [0.717, 1.165) is 13.2 Å². The summed E-state index contributed by atoms with van der Waals surface area (Å²) in [5, 5.41) is 0. The summed E-state index contributed by atoms with van der Waals surface area (Å²) in [6.07, 6.45) is 0. The average Bonchev–Trinajstić information content (AvgIpc) is 2.19. The molecule has 1 heterocycles. The molecule has 0 spiro atoms. The first-order valence-corrected chi connectivity index (χ1v) is 9.35. The lowest BCUT2D eigenvalue weighted by atomic mass is 10.2. The Bertz CT molecular complexity index is 304. The summed E-state index contributed by atoms with van der Waals surface area (Å²) < 4.78 is 5.43. The van der Waals surface area contributed by atoms with Crippen LogP contribution in [0.1, 0.15) is 5.56 Å². The lowest BCUT2D eigenvalue weighted by Gasteiger charge is -2.37. The third-order valence-electron chi connectivity index (χ3n) is 2.55. The SMILES string of the molecule is Cc1ccc(S2(I)CCOCC2)cc1. The topological polar surface area (TPSA) is 9.23 Å². The maximum atomic E-state index is 5.43. The van der Waals surface area contributed by atoms with Gasteiger partial charge in [-0.25, -0.2) is 0 Å². The quantitative estimate of drug-likeness (QED) is 0.719. The van der Waals surface area contributed by atoms with Gasteiger partial charge in [0.1, 0.15) is 0 Å². The summed E-state index contributed by atoms with van der Waals surface area (Å²) in [4.78, 5) is 1.53. The zero-order valence-electron chi connectivity index (χ0n) is 8.33. The fraction of sp³-hybridized carbons (Fsp3) is 0.455. The highest BCUT2D eigenvalue weighted by atomic mass is 127. The Morgan fingerprint density at radius 1 is 1.14 bits per heavy atom.